The van der Waals surface area contributed by atoms with Crippen molar-refractivity contribution in [2.45, 2.75) is 13.5 Å². The van der Waals surface area contributed by atoms with Crippen molar-refractivity contribution in [3.63, 3.8) is 0 Å². The zero-order valence-corrected chi connectivity index (χ0v) is 18.8. The Balaban J connectivity index is 1.96. The van der Waals surface area contributed by atoms with Crippen molar-refractivity contribution in [1.82, 2.24) is 24.1 Å². The van der Waals surface area contributed by atoms with Gasteiger partial charge < -0.3 is 10.8 Å². The maximum atomic E-state index is 14.8. The van der Waals surface area contributed by atoms with Gasteiger partial charge in [0.15, 0.2) is 5.65 Å². The lowest BCUT2D eigenvalue weighted by Gasteiger charge is -2.16. The van der Waals surface area contributed by atoms with Gasteiger partial charge in [-0.15, -0.1) is 0 Å². The molecule has 36 heavy (non-hydrogen) atoms. The third-order valence-electron chi connectivity index (χ3n) is 5.75. The van der Waals surface area contributed by atoms with Gasteiger partial charge in [0.1, 0.15) is 23.1 Å². The first-order chi connectivity index (χ1) is 17.3. The number of benzene rings is 2. The van der Waals surface area contributed by atoms with E-state index < -0.39 is 28.9 Å². The number of carboxylic acid groups (broad SMARTS) is 1. The zero-order valence-electron chi connectivity index (χ0n) is 18.8. The molecule has 0 unspecified atom stereocenters. The van der Waals surface area contributed by atoms with E-state index in [0.717, 1.165) is 22.8 Å². The zero-order chi connectivity index (χ0) is 25.6. The van der Waals surface area contributed by atoms with E-state index >= 15 is 0 Å². The smallest absolute Gasteiger partial charge is 0.335 e. The third-order valence-corrected chi connectivity index (χ3v) is 5.75. The van der Waals surface area contributed by atoms with E-state index in [0.29, 0.717) is 17.0 Å². The van der Waals surface area contributed by atoms with Gasteiger partial charge in [0.05, 0.1) is 17.8 Å². The summed E-state index contributed by atoms with van der Waals surface area (Å²) in [6.07, 6.45) is 3.04. The van der Waals surface area contributed by atoms with Crippen molar-refractivity contribution >= 4 is 17.0 Å². The fourth-order valence-electron chi connectivity index (χ4n) is 4.01. The summed E-state index contributed by atoms with van der Waals surface area (Å²) in [5.41, 5.74) is 5.81. The predicted octanol–water partition coefficient (Wildman–Crippen LogP) is 3.38. The van der Waals surface area contributed by atoms with E-state index in [1.54, 1.807) is 19.2 Å². The molecule has 0 atom stereocenters. The van der Waals surface area contributed by atoms with Gasteiger partial charge in [-0.1, -0.05) is 12.1 Å². The Hall–Kier alpha value is -4.77. The highest BCUT2D eigenvalue weighted by molar-refractivity contribution is 5.95. The number of hydrogen-bond acceptors (Lipinski definition) is 6. The number of hydrogen-bond donors (Lipinski definition) is 2. The molecule has 0 saturated heterocycles. The maximum Gasteiger partial charge on any atom is 0.335 e. The Morgan fingerprint density at radius 2 is 1.83 bits per heavy atom. The van der Waals surface area contributed by atoms with Crippen molar-refractivity contribution in [1.29, 1.82) is 0 Å². The number of aryl methyl sites for hydroxylation is 1. The summed E-state index contributed by atoms with van der Waals surface area (Å²) < 4.78 is 32.0. The molecule has 0 amide bonds. The molecular weight excluding hydrogens is 470 g/mol. The van der Waals surface area contributed by atoms with Gasteiger partial charge >= 0.3 is 5.97 Å². The monoisotopic (exact) mass is 488 g/mol. The number of carbonyl (C=O) groups is 1. The van der Waals surface area contributed by atoms with Gasteiger partial charge in [0, 0.05) is 29.4 Å². The lowest BCUT2D eigenvalue weighted by Crippen LogP contribution is -2.22. The van der Waals surface area contributed by atoms with Crippen LogP contribution in [-0.2, 0) is 6.54 Å². The van der Waals surface area contributed by atoms with Crippen molar-refractivity contribution in [3.8, 4) is 22.9 Å². The van der Waals surface area contributed by atoms with Crippen LogP contribution in [0.5, 0.6) is 0 Å². The van der Waals surface area contributed by atoms with E-state index in [1.165, 1.54) is 35.0 Å². The fraction of sp³-hybridized carbons (Fsp3) is 0.0800. The van der Waals surface area contributed by atoms with Gasteiger partial charge in [-0.3, -0.25) is 13.9 Å². The van der Waals surface area contributed by atoms with Crippen LogP contribution in [0.1, 0.15) is 21.7 Å². The van der Waals surface area contributed by atoms with E-state index in [9.17, 15) is 23.5 Å². The molecular formula is C25H18F2N6O3. The first kappa shape index (κ1) is 23.0. The molecule has 9 nitrogen and oxygen atoms in total. The van der Waals surface area contributed by atoms with Crippen LogP contribution < -0.4 is 11.3 Å². The topological polar surface area (TPSA) is 129 Å². The fourth-order valence-corrected chi connectivity index (χ4v) is 4.01. The minimum absolute atomic E-state index is 0.0164. The Morgan fingerprint density at radius 3 is 2.53 bits per heavy atom. The van der Waals surface area contributed by atoms with Crippen LogP contribution in [0.3, 0.4) is 0 Å². The van der Waals surface area contributed by atoms with Crippen LogP contribution in [0.2, 0.25) is 0 Å². The highest BCUT2D eigenvalue weighted by Crippen LogP contribution is 2.31. The SMILES string of the molecule is Cc1ccc(C(=O)O)cc1-c1nc(-n2ccnc2CN)nc2c1ccc(=O)n2-c1c(F)cccc1F. The number of nitrogens with two attached hydrogens (primary N) is 1. The second-order valence-electron chi connectivity index (χ2n) is 7.94. The number of aromatic nitrogens is 5. The second kappa shape index (κ2) is 8.78. The van der Waals surface area contributed by atoms with E-state index in [-0.39, 0.29) is 34.8 Å². The molecule has 3 aromatic heterocycles. The summed E-state index contributed by atoms with van der Waals surface area (Å²) in [7, 11) is 0. The van der Waals surface area contributed by atoms with E-state index in [1.807, 2.05) is 0 Å². The highest BCUT2D eigenvalue weighted by Gasteiger charge is 2.22. The Bertz CT molecular complexity index is 1710. The van der Waals surface area contributed by atoms with E-state index in [2.05, 4.69) is 15.0 Å². The number of rotatable bonds is 5. The number of nitrogens with zero attached hydrogens (tertiary/aromatic N) is 5. The van der Waals surface area contributed by atoms with Gasteiger partial charge in [-0.2, -0.15) is 4.98 Å². The molecule has 11 heteroatoms. The highest BCUT2D eigenvalue weighted by atomic mass is 19.1. The number of fused-ring (bicyclic) bond motifs is 1. The maximum absolute atomic E-state index is 14.8. The molecule has 2 aromatic carbocycles. The summed E-state index contributed by atoms with van der Waals surface area (Å²) in [6, 6.07) is 10.4. The van der Waals surface area contributed by atoms with Crippen LogP contribution in [-0.4, -0.2) is 35.2 Å². The van der Waals surface area contributed by atoms with Crippen LogP contribution in [0.15, 0.2) is 65.7 Å². The van der Waals surface area contributed by atoms with Crippen molar-refractivity contribution in [2.75, 3.05) is 0 Å². The third kappa shape index (κ3) is 3.71. The van der Waals surface area contributed by atoms with Gasteiger partial charge in [0.2, 0.25) is 5.95 Å². The molecule has 3 N–H and O–H groups in total. The lowest BCUT2D eigenvalue weighted by atomic mass is 10.00. The van der Waals surface area contributed by atoms with Gasteiger partial charge in [-0.05, 0) is 42.8 Å². The van der Waals surface area contributed by atoms with Crippen molar-refractivity contribution in [3.05, 3.63) is 99.9 Å². The van der Waals surface area contributed by atoms with Crippen LogP contribution in [0.4, 0.5) is 8.78 Å². The first-order valence-electron chi connectivity index (χ1n) is 10.8. The number of carboxylic acids is 1. The Kier molecular flexibility index (Phi) is 5.61. The standard InChI is InChI=1S/C25H18F2N6O3/c1-13-5-6-14(24(35)36)11-16(13)21-15-7-8-20(34)33(22-17(26)3-2-4-18(22)27)23(15)31-25(30-21)32-10-9-29-19(32)12-28/h2-11H,12,28H2,1H3,(H,35,36). The number of imidazole rings is 1. The number of pyridine rings is 1. The van der Waals surface area contributed by atoms with Crippen LogP contribution >= 0.6 is 0 Å². The quantitative estimate of drug-likeness (QED) is 0.388. The molecule has 0 radical (unpaired) electrons. The van der Waals surface area contributed by atoms with Crippen LogP contribution in [0, 0.1) is 18.6 Å². The molecule has 5 rings (SSSR count). The minimum atomic E-state index is -1.14. The van der Waals surface area contributed by atoms with Crippen LogP contribution in [0.25, 0.3) is 33.9 Å². The van der Waals surface area contributed by atoms with Crippen molar-refractivity contribution < 1.29 is 18.7 Å². The summed E-state index contributed by atoms with van der Waals surface area (Å²) in [5.74, 6) is -2.62. The molecule has 5 aromatic rings. The normalized spacial score (nSPS) is 11.2. The Morgan fingerprint density at radius 1 is 1.08 bits per heavy atom. The molecule has 180 valence electrons. The van der Waals surface area contributed by atoms with Crippen molar-refractivity contribution in [2.24, 2.45) is 5.73 Å². The minimum Gasteiger partial charge on any atom is -0.478 e. The largest absolute Gasteiger partial charge is 0.478 e. The summed E-state index contributed by atoms with van der Waals surface area (Å²) in [5, 5.41) is 9.81. The molecule has 0 aliphatic carbocycles. The Labute approximate surface area is 202 Å². The number of halogens is 2. The second-order valence-corrected chi connectivity index (χ2v) is 7.94. The number of aromatic carboxylic acids is 1. The number of para-hydroxylation sites is 1. The summed E-state index contributed by atoms with van der Waals surface area (Å²) in [4.78, 5) is 37.9. The van der Waals surface area contributed by atoms with E-state index in [4.69, 9.17) is 5.73 Å². The molecule has 0 aliphatic rings. The molecule has 0 saturated carbocycles. The van der Waals surface area contributed by atoms with Gasteiger partial charge in [0.25, 0.3) is 5.56 Å². The molecule has 0 fully saturated rings. The summed E-state index contributed by atoms with van der Waals surface area (Å²) >= 11 is 0. The lowest BCUT2D eigenvalue weighted by molar-refractivity contribution is 0.0697. The average Bonchev–Trinajstić information content (AvgIpc) is 3.33. The molecule has 3 heterocycles. The average molecular weight is 488 g/mol. The molecule has 0 spiro atoms. The first-order valence-corrected chi connectivity index (χ1v) is 10.8. The molecule has 0 aliphatic heterocycles. The summed E-state index contributed by atoms with van der Waals surface area (Å²) in [6.45, 7) is 1.81. The molecule has 0 bridgehead atoms. The van der Waals surface area contributed by atoms with Gasteiger partial charge in [-0.25, -0.2) is 23.5 Å². The predicted molar refractivity (Wildman–Crippen MR) is 127 cm³/mol.